The minimum atomic E-state index is -1.11. The van der Waals surface area contributed by atoms with Gasteiger partial charge in [-0.3, -0.25) is 0 Å². The van der Waals surface area contributed by atoms with Crippen LogP contribution in [0.25, 0.3) is 11.5 Å². The van der Waals surface area contributed by atoms with Crippen LogP contribution < -0.4 is 0 Å². The third-order valence-corrected chi connectivity index (χ3v) is 6.95. The number of hydrogen-bond donors (Lipinski definition) is 1. The van der Waals surface area contributed by atoms with Gasteiger partial charge in [-0.25, -0.2) is 9.78 Å². The molecule has 1 N–H and O–H groups in total. The van der Waals surface area contributed by atoms with Crippen LogP contribution in [0.1, 0.15) is 90.2 Å². The first-order chi connectivity index (χ1) is 16.7. The average Bonchev–Trinajstić information content (AvgIpc) is 3.25. The Labute approximate surface area is 210 Å². The highest BCUT2D eigenvalue weighted by Crippen LogP contribution is 2.30. The van der Waals surface area contributed by atoms with E-state index in [1.165, 1.54) is 5.56 Å². The van der Waals surface area contributed by atoms with Crippen LogP contribution in [-0.2, 0) is 33.7 Å². The number of carboxylic acid groups (broad SMARTS) is 1. The topological polar surface area (TPSA) is 81.8 Å². The molecule has 6 nitrogen and oxygen atoms in total. The number of aliphatic carboxylic acids is 1. The molecule has 1 aromatic carbocycles. The van der Waals surface area contributed by atoms with Gasteiger partial charge < -0.3 is 19.0 Å². The summed E-state index contributed by atoms with van der Waals surface area (Å²) in [7, 11) is 0. The normalized spacial score (nSPS) is 20.2. The fraction of sp³-hybridized carbons (Fsp3) is 0.655. The maximum atomic E-state index is 11.7. The summed E-state index contributed by atoms with van der Waals surface area (Å²) in [4.78, 5) is 16.4. The highest BCUT2D eigenvalue weighted by molar-refractivity contribution is 5.76. The van der Waals surface area contributed by atoms with E-state index in [0.717, 1.165) is 62.0 Å². The van der Waals surface area contributed by atoms with Gasteiger partial charge in [-0.2, -0.15) is 0 Å². The summed E-state index contributed by atoms with van der Waals surface area (Å²) in [6, 6.07) is 8.48. The van der Waals surface area contributed by atoms with Crippen molar-refractivity contribution in [3.8, 4) is 11.5 Å². The molecule has 1 fully saturated rings. The minimum absolute atomic E-state index is 0.125. The molecule has 0 amide bonds. The van der Waals surface area contributed by atoms with Crippen molar-refractivity contribution in [3.63, 3.8) is 0 Å². The molecule has 3 atom stereocenters. The number of nitrogens with zero attached hydrogens (tertiary/aromatic N) is 1. The van der Waals surface area contributed by atoms with Crippen LogP contribution in [0.5, 0.6) is 0 Å². The minimum Gasteiger partial charge on any atom is -0.479 e. The van der Waals surface area contributed by atoms with Crippen LogP contribution in [0.3, 0.4) is 0 Å². The van der Waals surface area contributed by atoms with Gasteiger partial charge in [0.1, 0.15) is 11.5 Å². The smallest absolute Gasteiger partial charge is 0.335 e. The van der Waals surface area contributed by atoms with E-state index in [1.54, 1.807) is 6.92 Å². The summed E-state index contributed by atoms with van der Waals surface area (Å²) in [6.07, 6.45) is 7.24. The molecule has 1 heterocycles. The lowest BCUT2D eigenvalue weighted by atomic mass is 9.87. The van der Waals surface area contributed by atoms with Gasteiger partial charge in [0.25, 0.3) is 0 Å². The Morgan fingerprint density at radius 2 is 1.97 bits per heavy atom. The molecule has 0 spiro atoms. The van der Waals surface area contributed by atoms with E-state index in [2.05, 4.69) is 45.0 Å². The van der Waals surface area contributed by atoms with E-state index in [4.69, 9.17) is 18.9 Å². The summed E-state index contributed by atoms with van der Waals surface area (Å²) >= 11 is 0. The number of carbonyl (C=O) groups is 1. The van der Waals surface area contributed by atoms with Crippen LogP contribution in [0, 0.1) is 11.8 Å². The number of aromatic nitrogens is 1. The molecule has 194 valence electrons. The van der Waals surface area contributed by atoms with E-state index in [1.807, 2.05) is 6.92 Å². The van der Waals surface area contributed by atoms with Gasteiger partial charge >= 0.3 is 5.97 Å². The number of hydrogen-bond acceptors (Lipinski definition) is 5. The summed E-state index contributed by atoms with van der Waals surface area (Å²) in [5.74, 6) is 1.58. The fourth-order valence-electron chi connectivity index (χ4n) is 4.91. The SMILES string of the molecule is CCCC(C)(OCC1CCC[C@H](OCc2nc(-c3ccc(CC(C)C)cc3)oc2CC)C1)C(=O)O. The molecule has 1 saturated carbocycles. The zero-order valence-electron chi connectivity index (χ0n) is 22.1. The Bertz CT molecular complexity index is 935. The van der Waals surface area contributed by atoms with E-state index < -0.39 is 11.6 Å². The Kier molecular flexibility index (Phi) is 9.93. The van der Waals surface area contributed by atoms with Gasteiger partial charge in [-0.1, -0.05) is 52.7 Å². The van der Waals surface area contributed by atoms with Crippen molar-refractivity contribution in [2.24, 2.45) is 11.8 Å². The van der Waals surface area contributed by atoms with E-state index in [9.17, 15) is 9.90 Å². The van der Waals surface area contributed by atoms with E-state index >= 15 is 0 Å². The second-order valence-corrected chi connectivity index (χ2v) is 10.6. The predicted octanol–water partition coefficient (Wildman–Crippen LogP) is 6.84. The molecule has 2 aromatic rings. The second kappa shape index (κ2) is 12.7. The summed E-state index contributed by atoms with van der Waals surface area (Å²) in [5.41, 5.74) is 2.07. The molecule has 1 aliphatic carbocycles. The van der Waals surface area contributed by atoms with E-state index in [0.29, 0.717) is 37.4 Å². The molecule has 0 saturated heterocycles. The Morgan fingerprint density at radius 3 is 2.60 bits per heavy atom. The summed E-state index contributed by atoms with van der Waals surface area (Å²) in [5, 5.41) is 9.57. The van der Waals surface area contributed by atoms with Crippen LogP contribution >= 0.6 is 0 Å². The Hall–Kier alpha value is -2.18. The van der Waals surface area contributed by atoms with Crippen molar-refractivity contribution in [2.75, 3.05) is 6.61 Å². The Morgan fingerprint density at radius 1 is 1.23 bits per heavy atom. The number of oxazole rings is 1. The van der Waals surface area contributed by atoms with Gasteiger partial charge in [-0.05, 0) is 68.6 Å². The molecular formula is C29H43NO5. The largest absolute Gasteiger partial charge is 0.479 e. The lowest BCUT2D eigenvalue weighted by Crippen LogP contribution is -2.40. The summed E-state index contributed by atoms with van der Waals surface area (Å²) < 4.78 is 18.3. The number of ether oxygens (including phenoxy) is 2. The predicted molar refractivity (Wildman–Crippen MR) is 137 cm³/mol. The maximum absolute atomic E-state index is 11.7. The quantitative estimate of drug-likeness (QED) is 0.334. The van der Waals surface area contributed by atoms with Crippen molar-refractivity contribution >= 4 is 5.97 Å². The highest BCUT2D eigenvalue weighted by Gasteiger charge is 2.35. The lowest BCUT2D eigenvalue weighted by molar-refractivity contribution is -0.167. The number of aryl methyl sites for hydroxylation is 1. The molecule has 0 aliphatic heterocycles. The number of carboxylic acids is 1. The first-order valence-electron chi connectivity index (χ1n) is 13.3. The van der Waals surface area contributed by atoms with Crippen LogP contribution in [0.2, 0.25) is 0 Å². The zero-order valence-corrected chi connectivity index (χ0v) is 22.1. The second-order valence-electron chi connectivity index (χ2n) is 10.6. The maximum Gasteiger partial charge on any atom is 0.335 e. The van der Waals surface area contributed by atoms with E-state index in [-0.39, 0.29) is 6.10 Å². The third-order valence-electron chi connectivity index (χ3n) is 6.95. The van der Waals surface area contributed by atoms with Gasteiger partial charge in [0.2, 0.25) is 5.89 Å². The van der Waals surface area contributed by atoms with Gasteiger partial charge in [-0.15, -0.1) is 0 Å². The van der Waals surface area contributed by atoms with Crippen LogP contribution in [0.15, 0.2) is 28.7 Å². The third kappa shape index (κ3) is 7.65. The molecule has 0 radical (unpaired) electrons. The first kappa shape index (κ1) is 27.4. The average molecular weight is 486 g/mol. The number of rotatable bonds is 13. The van der Waals surface area contributed by atoms with Gasteiger partial charge in [0, 0.05) is 12.0 Å². The van der Waals surface area contributed by atoms with Crippen LogP contribution in [0.4, 0.5) is 0 Å². The standard InChI is InChI=1S/C29H43NO5/c1-6-15-29(5,28(31)32)34-18-22-9-8-10-24(17-22)33-19-25-26(7-2)35-27(30-25)23-13-11-21(12-14-23)16-20(3)4/h11-14,20,22,24H,6-10,15-19H2,1-5H3,(H,31,32)/t22?,24-,29?/m0/s1. The molecule has 1 aliphatic rings. The number of benzene rings is 1. The van der Waals surface area contributed by atoms with Crippen molar-refractivity contribution in [3.05, 3.63) is 41.3 Å². The molecular weight excluding hydrogens is 442 g/mol. The fourth-order valence-corrected chi connectivity index (χ4v) is 4.91. The molecule has 2 unspecified atom stereocenters. The Balaban J connectivity index is 1.57. The monoisotopic (exact) mass is 485 g/mol. The van der Waals surface area contributed by atoms with Crippen molar-refractivity contribution in [1.29, 1.82) is 0 Å². The van der Waals surface area contributed by atoms with Crippen molar-refractivity contribution in [1.82, 2.24) is 4.98 Å². The summed E-state index contributed by atoms with van der Waals surface area (Å²) in [6.45, 7) is 11.1. The van der Waals surface area contributed by atoms with Crippen molar-refractivity contribution in [2.45, 2.75) is 104 Å². The van der Waals surface area contributed by atoms with Gasteiger partial charge in [0.15, 0.2) is 5.60 Å². The van der Waals surface area contributed by atoms with Crippen LogP contribution in [-0.4, -0.2) is 34.4 Å². The lowest BCUT2D eigenvalue weighted by Gasteiger charge is -2.32. The van der Waals surface area contributed by atoms with Crippen molar-refractivity contribution < 1.29 is 23.8 Å². The molecule has 3 rings (SSSR count). The molecule has 35 heavy (non-hydrogen) atoms. The zero-order chi connectivity index (χ0) is 25.4. The molecule has 6 heteroatoms. The molecule has 1 aromatic heterocycles. The molecule has 0 bridgehead atoms. The highest BCUT2D eigenvalue weighted by atomic mass is 16.5. The first-order valence-corrected chi connectivity index (χ1v) is 13.3. The van der Waals surface area contributed by atoms with Gasteiger partial charge in [0.05, 0.1) is 19.3 Å².